The molecule has 1 aromatic rings. The van der Waals surface area contributed by atoms with Crippen molar-refractivity contribution in [1.29, 1.82) is 0 Å². The lowest BCUT2D eigenvalue weighted by atomic mass is 10.1. The molecule has 0 saturated heterocycles. The van der Waals surface area contributed by atoms with Crippen LogP contribution in [-0.2, 0) is 11.3 Å². The van der Waals surface area contributed by atoms with Gasteiger partial charge in [-0.1, -0.05) is 18.2 Å². The van der Waals surface area contributed by atoms with Crippen molar-refractivity contribution >= 4 is 11.8 Å². The average molecular weight is 304 g/mol. The Morgan fingerprint density at radius 1 is 1.41 bits per heavy atom. The smallest absolute Gasteiger partial charge is 0.407 e. The van der Waals surface area contributed by atoms with Crippen LogP contribution < -0.4 is 10.6 Å². The number of rotatable bonds is 7. The predicted octanol–water partition coefficient (Wildman–Crippen LogP) is 4.48. The fourth-order valence-corrected chi connectivity index (χ4v) is 1.98. The Hall–Kier alpha value is -1.97. The second-order valence-corrected chi connectivity index (χ2v) is 6.47. The van der Waals surface area contributed by atoms with Gasteiger partial charge < -0.3 is 15.4 Å². The molecule has 0 aliphatic heterocycles. The van der Waals surface area contributed by atoms with Crippen molar-refractivity contribution in [2.75, 3.05) is 5.32 Å². The van der Waals surface area contributed by atoms with E-state index in [9.17, 15) is 4.79 Å². The van der Waals surface area contributed by atoms with Crippen molar-refractivity contribution in [1.82, 2.24) is 5.32 Å². The Morgan fingerprint density at radius 2 is 2.14 bits per heavy atom. The van der Waals surface area contributed by atoms with Gasteiger partial charge in [0.2, 0.25) is 0 Å². The van der Waals surface area contributed by atoms with Crippen LogP contribution in [0, 0.1) is 0 Å². The molecule has 0 aliphatic rings. The summed E-state index contributed by atoms with van der Waals surface area (Å²) in [6.07, 6.45) is 3.57. The van der Waals surface area contributed by atoms with Crippen molar-refractivity contribution in [3.05, 3.63) is 42.5 Å². The number of allylic oxidation sites excluding steroid dienone is 1. The summed E-state index contributed by atoms with van der Waals surface area (Å²) in [4.78, 5) is 11.7. The fourth-order valence-electron chi connectivity index (χ4n) is 1.98. The molecular formula is C18H28N2O2. The van der Waals surface area contributed by atoms with E-state index in [1.807, 2.05) is 51.1 Å². The standard InChI is InChI=1S/C18H28N2O2/c1-6-7-9-14(2)20-16-11-8-10-15(12-16)13-19-17(21)22-18(3,4)5/h6,8,10-12,14,20H,1,7,9,13H2,2-5H3,(H,19,21). The molecule has 1 unspecified atom stereocenters. The first-order valence-electron chi connectivity index (χ1n) is 7.73. The largest absolute Gasteiger partial charge is 0.444 e. The number of nitrogens with one attached hydrogen (secondary N) is 2. The predicted molar refractivity (Wildman–Crippen MR) is 92.0 cm³/mol. The van der Waals surface area contributed by atoms with Crippen molar-refractivity contribution in [3.63, 3.8) is 0 Å². The summed E-state index contributed by atoms with van der Waals surface area (Å²) in [6.45, 7) is 11.9. The van der Waals surface area contributed by atoms with E-state index in [0.29, 0.717) is 12.6 Å². The molecule has 0 spiro atoms. The van der Waals surface area contributed by atoms with Gasteiger partial charge in [0, 0.05) is 18.3 Å². The van der Waals surface area contributed by atoms with Gasteiger partial charge >= 0.3 is 6.09 Å². The molecule has 1 rings (SSSR count). The summed E-state index contributed by atoms with van der Waals surface area (Å²) < 4.78 is 5.22. The molecule has 1 aromatic carbocycles. The summed E-state index contributed by atoms with van der Waals surface area (Å²) in [5.74, 6) is 0. The van der Waals surface area contributed by atoms with E-state index in [4.69, 9.17) is 4.74 Å². The molecule has 0 heterocycles. The highest BCUT2D eigenvalue weighted by molar-refractivity contribution is 5.67. The van der Waals surface area contributed by atoms with E-state index in [1.165, 1.54) is 0 Å². The zero-order valence-electron chi connectivity index (χ0n) is 14.1. The van der Waals surface area contributed by atoms with Crippen LogP contribution in [0.3, 0.4) is 0 Å². The summed E-state index contributed by atoms with van der Waals surface area (Å²) >= 11 is 0. The maximum Gasteiger partial charge on any atom is 0.407 e. The normalized spacial score (nSPS) is 12.4. The number of hydrogen-bond donors (Lipinski definition) is 2. The second-order valence-electron chi connectivity index (χ2n) is 6.47. The first-order valence-corrected chi connectivity index (χ1v) is 7.73. The van der Waals surface area contributed by atoms with Crippen molar-refractivity contribution in [2.24, 2.45) is 0 Å². The third-order valence-corrected chi connectivity index (χ3v) is 2.98. The third-order valence-electron chi connectivity index (χ3n) is 2.98. The Labute approximate surface area is 133 Å². The van der Waals surface area contributed by atoms with E-state index in [-0.39, 0.29) is 0 Å². The molecule has 4 nitrogen and oxygen atoms in total. The summed E-state index contributed by atoms with van der Waals surface area (Å²) in [5.41, 5.74) is 1.61. The van der Waals surface area contributed by atoms with E-state index in [2.05, 4.69) is 24.1 Å². The lowest BCUT2D eigenvalue weighted by molar-refractivity contribution is 0.0523. The molecule has 0 aromatic heterocycles. The molecular weight excluding hydrogens is 276 g/mol. The second kappa shape index (κ2) is 8.47. The number of anilines is 1. The van der Waals surface area contributed by atoms with E-state index < -0.39 is 11.7 Å². The number of carbonyl (C=O) groups is 1. The Bertz CT molecular complexity index is 492. The van der Waals surface area contributed by atoms with Crippen molar-refractivity contribution in [3.8, 4) is 0 Å². The van der Waals surface area contributed by atoms with Crippen LogP contribution in [0.2, 0.25) is 0 Å². The van der Waals surface area contributed by atoms with Gasteiger partial charge in [-0.25, -0.2) is 4.79 Å². The van der Waals surface area contributed by atoms with Gasteiger partial charge in [0.25, 0.3) is 0 Å². The molecule has 1 amide bonds. The highest BCUT2D eigenvalue weighted by atomic mass is 16.6. The highest BCUT2D eigenvalue weighted by Gasteiger charge is 2.15. The quantitative estimate of drug-likeness (QED) is 0.730. The van der Waals surface area contributed by atoms with Gasteiger partial charge in [0.15, 0.2) is 0 Å². The number of alkyl carbamates (subject to hydrolysis) is 1. The molecule has 122 valence electrons. The summed E-state index contributed by atoms with van der Waals surface area (Å²) in [7, 11) is 0. The minimum Gasteiger partial charge on any atom is -0.444 e. The Kier molecular flexibility index (Phi) is 6.96. The first-order chi connectivity index (χ1) is 10.3. The molecule has 2 N–H and O–H groups in total. The van der Waals surface area contributed by atoms with Crippen LogP contribution >= 0.6 is 0 Å². The Balaban J connectivity index is 2.50. The molecule has 0 radical (unpaired) electrons. The van der Waals surface area contributed by atoms with Gasteiger partial charge in [-0.05, 0) is 58.2 Å². The van der Waals surface area contributed by atoms with E-state index in [1.54, 1.807) is 0 Å². The van der Waals surface area contributed by atoms with Crippen LogP contribution in [-0.4, -0.2) is 17.7 Å². The third kappa shape index (κ3) is 7.72. The van der Waals surface area contributed by atoms with Gasteiger partial charge in [-0.3, -0.25) is 0 Å². The van der Waals surface area contributed by atoms with Gasteiger partial charge in [0.05, 0.1) is 0 Å². The van der Waals surface area contributed by atoms with Crippen LogP contribution in [0.5, 0.6) is 0 Å². The number of hydrogen-bond acceptors (Lipinski definition) is 3. The minimum atomic E-state index is -0.478. The number of carbonyl (C=O) groups excluding carboxylic acids is 1. The molecule has 1 atom stereocenters. The lowest BCUT2D eigenvalue weighted by Gasteiger charge is -2.20. The van der Waals surface area contributed by atoms with E-state index in [0.717, 1.165) is 24.1 Å². The number of ether oxygens (including phenoxy) is 1. The highest BCUT2D eigenvalue weighted by Crippen LogP contribution is 2.14. The summed E-state index contributed by atoms with van der Waals surface area (Å²) in [6, 6.07) is 8.42. The van der Waals surface area contributed by atoms with Gasteiger partial charge in [0.1, 0.15) is 5.60 Å². The first kappa shape index (κ1) is 18.1. The molecule has 22 heavy (non-hydrogen) atoms. The summed E-state index contributed by atoms with van der Waals surface area (Å²) in [5, 5.41) is 6.22. The fraction of sp³-hybridized carbons (Fsp3) is 0.500. The maximum atomic E-state index is 11.7. The number of amides is 1. The maximum absolute atomic E-state index is 11.7. The Morgan fingerprint density at radius 3 is 2.77 bits per heavy atom. The SMILES string of the molecule is C=CCCC(C)Nc1cccc(CNC(=O)OC(C)(C)C)c1. The zero-order chi connectivity index (χ0) is 16.6. The number of benzene rings is 1. The topological polar surface area (TPSA) is 50.4 Å². The van der Waals surface area contributed by atoms with Crippen LogP contribution in [0.4, 0.5) is 10.5 Å². The van der Waals surface area contributed by atoms with Crippen LogP contribution in [0.15, 0.2) is 36.9 Å². The van der Waals surface area contributed by atoms with E-state index >= 15 is 0 Å². The van der Waals surface area contributed by atoms with Gasteiger partial charge in [-0.15, -0.1) is 6.58 Å². The lowest BCUT2D eigenvalue weighted by Crippen LogP contribution is -2.32. The van der Waals surface area contributed by atoms with Gasteiger partial charge in [-0.2, -0.15) is 0 Å². The zero-order valence-corrected chi connectivity index (χ0v) is 14.1. The minimum absolute atomic E-state index is 0.382. The average Bonchev–Trinajstić information content (AvgIpc) is 2.41. The molecule has 0 aliphatic carbocycles. The van der Waals surface area contributed by atoms with Crippen molar-refractivity contribution in [2.45, 2.75) is 58.7 Å². The monoisotopic (exact) mass is 304 g/mol. The van der Waals surface area contributed by atoms with Crippen LogP contribution in [0.1, 0.15) is 46.1 Å². The van der Waals surface area contributed by atoms with Crippen LogP contribution in [0.25, 0.3) is 0 Å². The van der Waals surface area contributed by atoms with Crippen molar-refractivity contribution < 1.29 is 9.53 Å². The molecule has 0 bridgehead atoms. The molecule has 0 fully saturated rings. The molecule has 0 saturated carbocycles. The molecule has 4 heteroatoms.